The fourth-order valence-electron chi connectivity index (χ4n) is 4.26. The zero-order valence-electron chi connectivity index (χ0n) is 24.5. The number of hydrogen-bond donors (Lipinski definition) is 9. The minimum atomic E-state index is -1.14. The smallest absolute Gasteiger partial charge is 0.305 e. The number of nitrogens with one attached hydrogen (secondary N) is 3. The van der Waals surface area contributed by atoms with Gasteiger partial charge in [0.15, 0.2) is 11.9 Å². The van der Waals surface area contributed by atoms with Crippen LogP contribution >= 0.6 is 0 Å². The van der Waals surface area contributed by atoms with E-state index in [2.05, 4.69) is 25.9 Å². The summed E-state index contributed by atoms with van der Waals surface area (Å²) in [5.41, 5.74) is 23.4. The van der Waals surface area contributed by atoms with E-state index in [1.54, 1.807) is 42.5 Å². The molecule has 15 nitrogen and oxygen atoms in total. The van der Waals surface area contributed by atoms with E-state index in [-0.39, 0.29) is 49.9 Å². The highest BCUT2D eigenvalue weighted by Gasteiger charge is 2.30. The highest BCUT2D eigenvalue weighted by atomic mass is 16.4. The predicted octanol–water partition coefficient (Wildman–Crippen LogP) is -1.18. The maximum absolute atomic E-state index is 13.6. The number of carboxylic acids is 1. The number of nitrogens with zero attached hydrogens (tertiary/aromatic N) is 2. The number of carboxylic acid groups (broad SMARTS) is 1. The quantitative estimate of drug-likeness (QED) is 0.0586. The van der Waals surface area contributed by atoms with Crippen molar-refractivity contribution in [2.45, 2.75) is 63.2 Å². The molecule has 2 aromatic carbocycles. The molecule has 1 unspecified atom stereocenters. The predicted molar refractivity (Wildman–Crippen MR) is 165 cm³/mol. The van der Waals surface area contributed by atoms with Crippen molar-refractivity contribution in [3.05, 3.63) is 65.7 Å². The van der Waals surface area contributed by atoms with Crippen molar-refractivity contribution < 1.29 is 29.4 Å². The number of hydrogen-bond acceptors (Lipinski definition) is 7. The van der Waals surface area contributed by atoms with Crippen LogP contribution in [0.1, 0.15) is 37.3 Å². The molecule has 0 spiro atoms. The first kappa shape index (κ1) is 34.9. The summed E-state index contributed by atoms with van der Waals surface area (Å²) in [6.45, 7) is 1.71. The summed E-state index contributed by atoms with van der Waals surface area (Å²) in [4.78, 5) is 59.3. The summed E-state index contributed by atoms with van der Waals surface area (Å²) in [6, 6.07) is 11.0. The lowest BCUT2D eigenvalue weighted by molar-refractivity contribution is -0.138. The Labute approximate surface area is 255 Å². The molecule has 0 heterocycles. The van der Waals surface area contributed by atoms with Crippen molar-refractivity contribution in [2.24, 2.45) is 32.9 Å². The molecule has 0 aliphatic carbocycles. The summed E-state index contributed by atoms with van der Waals surface area (Å²) >= 11 is 0. The van der Waals surface area contributed by atoms with Crippen molar-refractivity contribution in [1.82, 2.24) is 16.0 Å². The molecule has 0 fully saturated rings. The minimum absolute atomic E-state index is 0.0422. The molecule has 0 saturated heterocycles. The molecule has 0 aliphatic heterocycles. The molecule has 0 radical (unpaired) electrons. The van der Waals surface area contributed by atoms with Crippen LogP contribution in [0.15, 0.2) is 64.6 Å². The number of aliphatic carboxylic acids is 1. The Kier molecular flexibility index (Phi) is 13.9. The van der Waals surface area contributed by atoms with Crippen LogP contribution in [0.3, 0.4) is 0 Å². The second-order valence-corrected chi connectivity index (χ2v) is 10.2. The number of phenols is 1. The maximum atomic E-state index is 13.6. The highest BCUT2D eigenvalue weighted by molar-refractivity contribution is 5.94. The Morgan fingerprint density at radius 2 is 1.36 bits per heavy atom. The number of phenolic OH excluding ortho intramolecular Hbond substituents is 1. The molecule has 3 amide bonds. The Bertz CT molecular complexity index is 1310. The van der Waals surface area contributed by atoms with Crippen LogP contribution in [0.2, 0.25) is 0 Å². The van der Waals surface area contributed by atoms with E-state index in [0.29, 0.717) is 12.0 Å². The van der Waals surface area contributed by atoms with Crippen molar-refractivity contribution in [1.29, 1.82) is 0 Å². The molecule has 4 atom stereocenters. The van der Waals surface area contributed by atoms with E-state index >= 15 is 0 Å². The third kappa shape index (κ3) is 13.1. The molecule has 0 aliphatic rings. The number of aliphatic imine (C=N–C) groups is 2. The minimum Gasteiger partial charge on any atom is -0.508 e. The summed E-state index contributed by atoms with van der Waals surface area (Å²) in [6.07, 6.45) is 0.245. The number of carbonyl (C=O) groups is 4. The second-order valence-electron chi connectivity index (χ2n) is 10.2. The first-order chi connectivity index (χ1) is 20.8. The van der Waals surface area contributed by atoms with Gasteiger partial charge in [0.2, 0.25) is 17.7 Å². The second kappa shape index (κ2) is 17.6. The molecule has 15 heteroatoms. The van der Waals surface area contributed by atoms with Crippen molar-refractivity contribution >= 4 is 35.6 Å². The Morgan fingerprint density at radius 1 is 0.773 bits per heavy atom. The first-order valence-corrected chi connectivity index (χ1v) is 13.9. The number of guanidine groups is 2. The Balaban J connectivity index is 2.30. The number of amides is 3. The molecule has 2 aromatic rings. The third-order valence-corrected chi connectivity index (χ3v) is 6.34. The van der Waals surface area contributed by atoms with Crippen LogP contribution in [0.25, 0.3) is 0 Å². The van der Waals surface area contributed by atoms with Crippen molar-refractivity contribution in [2.75, 3.05) is 6.54 Å². The normalized spacial score (nSPS) is 13.3. The van der Waals surface area contributed by atoms with Crippen molar-refractivity contribution in [3.8, 4) is 5.75 Å². The third-order valence-electron chi connectivity index (χ3n) is 6.34. The van der Waals surface area contributed by atoms with E-state index in [0.717, 1.165) is 5.56 Å². The van der Waals surface area contributed by atoms with E-state index < -0.39 is 47.9 Å². The van der Waals surface area contributed by atoms with Gasteiger partial charge in [-0.3, -0.25) is 24.2 Å². The summed E-state index contributed by atoms with van der Waals surface area (Å²) in [5, 5.41) is 26.7. The molecule has 2 rings (SSSR count). The van der Waals surface area contributed by atoms with E-state index in [1.165, 1.54) is 19.1 Å². The van der Waals surface area contributed by atoms with E-state index in [4.69, 9.17) is 28.0 Å². The number of benzene rings is 2. The molecule has 44 heavy (non-hydrogen) atoms. The van der Waals surface area contributed by atoms with Crippen LogP contribution in [0.5, 0.6) is 5.75 Å². The largest absolute Gasteiger partial charge is 0.508 e. The molecule has 0 saturated carbocycles. The van der Waals surface area contributed by atoms with Gasteiger partial charge >= 0.3 is 5.97 Å². The van der Waals surface area contributed by atoms with E-state index in [1.807, 2.05) is 0 Å². The molecule has 0 bridgehead atoms. The van der Waals surface area contributed by atoms with Gasteiger partial charge in [0, 0.05) is 25.4 Å². The highest BCUT2D eigenvalue weighted by Crippen LogP contribution is 2.13. The monoisotopic (exact) mass is 611 g/mol. The van der Waals surface area contributed by atoms with Gasteiger partial charge in [-0.2, -0.15) is 0 Å². The van der Waals surface area contributed by atoms with Gasteiger partial charge in [-0.15, -0.1) is 0 Å². The lowest BCUT2D eigenvalue weighted by Gasteiger charge is -2.25. The number of nitrogens with two attached hydrogens (primary N) is 4. The maximum Gasteiger partial charge on any atom is 0.305 e. The summed E-state index contributed by atoms with van der Waals surface area (Å²) in [5.74, 6) is -3.44. The Hall–Kier alpha value is -5.34. The zero-order valence-corrected chi connectivity index (χ0v) is 24.5. The van der Waals surface area contributed by atoms with Crippen LogP contribution in [0, 0.1) is 0 Å². The van der Waals surface area contributed by atoms with Gasteiger partial charge < -0.3 is 49.1 Å². The summed E-state index contributed by atoms with van der Waals surface area (Å²) in [7, 11) is 0. The van der Waals surface area contributed by atoms with Gasteiger partial charge in [0.05, 0.1) is 6.42 Å². The van der Waals surface area contributed by atoms with Gasteiger partial charge in [0.1, 0.15) is 23.9 Å². The van der Waals surface area contributed by atoms with Crippen molar-refractivity contribution in [3.63, 3.8) is 0 Å². The number of rotatable bonds is 17. The molecule has 13 N–H and O–H groups in total. The first-order valence-electron chi connectivity index (χ1n) is 13.9. The standard InChI is InChI=1S/C29H41N9O6/c1-17(14-24(40)41)35-26(43)22(15-18-6-3-2-4-7-18)37-25(42)21(8-5-13-34-28(30)31)36-27(44)23(38-29(32)33)16-19-9-11-20(39)12-10-19/h2-4,6-7,9-12,17,21-23,39H,5,8,13-16H2,1H3,(H,35,43)(H,36,44)(H,37,42)(H,40,41)(H4,30,31,34)(H4,32,33,38)/t17?,21-,22+,23+/m1/s1. The average Bonchev–Trinajstić information content (AvgIpc) is 2.94. The van der Waals surface area contributed by atoms with Gasteiger partial charge in [-0.1, -0.05) is 42.5 Å². The fraction of sp³-hybridized carbons (Fsp3) is 0.379. The van der Waals surface area contributed by atoms with Gasteiger partial charge in [0.25, 0.3) is 0 Å². The lowest BCUT2D eigenvalue weighted by Crippen LogP contribution is -2.56. The van der Waals surface area contributed by atoms with Crippen LogP contribution in [0.4, 0.5) is 0 Å². The molecule has 238 valence electrons. The van der Waals surface area contributed by atoms with Gasteiger partial charge in [-0.05, 0) is 43.0 Å². The molecule has 0 aromatic heterocycles. The van der Waals surface area contributed by atoms with Crippen LogP contribution < -0.4 is 38.9 Å². The Morgan fingerprint density at radius 3 is 1.95 bits per heavy atom. The van der Waals surface area contributed by atoms with E-state index in [9.17, 15) is 24.3 Å². The lowest BCUT2D eigenvalue weighted by atomic mass is 10.0. The topological polar surface area (TPSA) is 274 Å². The number of aromatic hydroxyl groups is 1. The van der Waals surface area contributed by atoms with Crippen LogP contribution in [-0.2, 0) is 32.0 Å². The fourth-order valence-corrected chi connectivity index (χ4v) is 4.26. The average molecular weight is 612 g/mol. The number of carbonyl (C=O) groups excluding carboxylic acids is 3. The SMILES string of the molecule is CC(CC(=O)O)NC(=O)[C@H](Cc1ccccc1)NC(=O)[C@@H](CCCN=C(N)N)NC(=O)[C@H](Cc1ccc(O)cc1)N=C(N)N. The molecular weight excluding hydrogens is 570 g/mol. The van der Waals surface area contributed by atoms with Gasteiger partial charge in [-0.25, -0.2) is 4.99 Å². The molecular formula is C29H41N9O6. The zero-order chi connectivity index (χ0) is 32.6. The summed E-state index contributed by atoms with van der Waals surface area (Å²) < 4.78 is 0. The van der Waals surface area contributed by atoms with Crippen LogP contribution in [-0.4, -0.2) is 76.5 Å².